The van der Waals surface area contributed by atoms with Crippen molar-refractivity contribution in [1.29, 1.82) is 0 Å². The highest BCUT2D eigenvalue weighted by atomic mass is 35.6. The van der Waals surface area contributed by atoms with Gasteiger partial charge in [-0.2, -0.15) is 0 Å². The molecule has 86 valence electrons. The molecule has 0 fully saturated rings. The molecular formula is C5H15ClO6Si2. The number of hydrogen-bond donors (Lipinski definition) is 0. The van der Waals surface area contributed by atoms with Gasteiger partial charge in [-0.25, -0.2) is 0 Å². The van der Waals surface area contributed by atoms with E-state index in [0.717, 1.165) is 0 Å². The summed E-state index contributed by atoms with van der Waals surface area (Å²) in [7, 11) is 0.501. The first-order valence-electron chi connectivity index (χ1n) is 3.66. The molecule has 0 heterocycles. The summed E-state index contributed by atoms with van der Waals surface area (Å²) >= 11 is 5.90. The average Bonchev–Trinajstić information content (AvgIpc) is 2.26. The molecule has 0 aromatic rings. The highest BCUT2D eigenvalue weighted by Gasteiger charge is 2.54. The lowest BCUT2D eigenvalue weighted by atomic mass is 11.8. The van der Waals surface area contributed by atoms with Gasteiger partial charge in [0, 0.05) is 35.5 Å². The third-order valence-electron chi connectivity index (χ3n) is 1.48. The number of halogens is 1. The monoisotopic (exact) mass is 262 g/mol. The molecule has 0 aliphatic carbocycles. The lowest BCUT2D eigenvalue weighted by Gasteiger charge is -2.29. The van der Waals surface area contributed by atoms with Crippen molar-refractivity contribution >= 4 is 28.2 Å². The molecule has 0 spiro atoms. The normalized spacial score (nSPS) is 13.3. The van der Waals surface area contributed by atoms with Crippen molar-refractivity contribution in [2.75, 3.05) is 35.5 Å². The quantitative estimate of drug-likeness (QED) is 0.487. The molecule has 0 aromatic heterocycles. The maximum Gasteiger partial charge on any atom is 0.672 e. The van der Waals surface area contributed by atoms with Gasteiger partial charge < -0.3 is 26.2 Å². The third kappa shape index (κ3) is 3.57. The largest absolute Gasteiger partial charge is 0.672 e. The summed E-state index contributed by atoms with van der Waals surface area (Å²) in [4.78, 5) is 0. The van der Waals surface area contributed by atoms with Crippen molar-refractivity contribution in [3.05, 3.63) is 0 Å². The lowest BCUT2D eigenvalue weighted by Crippen LogP contribution is -2.56. The molecule has 0 saturated carbocycles. The Morgan fingerprint density at radius 2 is 1.07 bits per heavy atom. The third-order valence-corrected chi connectivity index (χ3v) is 7.56. The standard InChI is InChI=1S/C5H15ClO6Si2/c1-7-13(6,8-2)12-14(9-3,10-4)11-5/h1-5H3. The first-order valence-corrected chi connectivity index (χ1v) is 8.03. The van der Waals surface area contributed by atoms with Crippen LogP contribution in [0, 0.1) is 0 Å². The van der Waals surface area contributed by atoms with Crippen molar-refractivity contribution in [1.82, 2.24) is 0 Å². The second-order valence-corrected chi connectivity index (χ2v) is 8.31. The fourth-order valence-electron chi connectivity index (χ4n) is 0.691. The molecule has 0 radical (unpaired) electrons. The zero-order chi connectivity index (χ0) is 11.2. The summed E-state index contributed by atoms with van der Waals surface area (Å²) in [6.45, 7) is 0. The van der Waals surface area contributed by atoms with Crippen LogP contribution in [0.5, 0.6) is 0 Å². The molecule has 0 N–H and O–H groups in total. The second kappa shape index (κ2) is 6.15. The van der Waals surface area contributed by atoms with E-state index in [1.807, 2.05) is 0 Å². The van der Waals surface area contributed by atoms with Crippen LogP contribution in [-0.4, -0.2) is 52.7 Å². The van der Waals surface area contributed by atoms with Crippen LogP contribution in [-0.2, 0) is 26.2 Å². The van der Waals surface area contributed by atoms with Crippen LogP contribution in [0.4, 0.5) is 0 Å². The minimum Gasteiger partial charge on any atom is -0.365 e. The Balaban J connectivity index is 4.56. The van der Waals surface area contributed by atoms with Crippen molar-refractivity contribution in [3.63, 3.8) is 0 Å². The summed E-state index contributed by atoms with van der Waals surface area (Å²) in [6.07, 6.45) is 0. The van der Waals surface area contributed by atoms with Crippen molar-refractivity contribution < 1.29 is 26.2 Å². The van der Waals surface area contributed by atoms with Crippen LogP contribution in [0.3, 0.4) is 0 Å². The van der Waals surface area contributed by atoms with Crippen LogP contribution >= 0.6 is 11.1 Å². The molecule has 6 nitrogen and oxygen atoms in total. The van der Waals surface area contributed by atoms with E-state index in [4.69, 9.17) is 37.3 Å². The first kappa shape index (κ1) is 14.5. The van der Waals surface area contributed by atoms with Gasteiger partial charge in [0.15, 0.2) is 0 Å². The Kier molecular flexibility index (Phi) is 6.36. The van der Waals surface area contributed by atoms with E-state index in [9.17, 15) is 0 Å². The lowest BCUT2D eigenvalue weighted by molar-refractivity contribution is 0.0222. The summed E-state index contributed by atoms with van der Waals surface area (Å²) in [5.41, 5.74) is 0. The first-order chi connectivity index (χ1) is 6.51. The molecule has 0 aromatic carbocycles. The van der Waals surface area contributed by atoms with Crippen LogP contribution in [0.25, 0.3) is 0 Å². The van der Waals surface area contributed by atoms with Gasteiger partial charge in [0.1, 0.15) is 0 Å². The molecule has 0 bridgehead atoms. The average molecular weight is 263 g/mol. The topological polar surface area (TPSA) is 55.4 Å². The summed E-state index contributed by atoms with van der Waals surface area (Å²) < 4.78 is 30.1. The van der Waals surface area contributed by atoms with Gasteiger partial charge in [-0.15, -0.1) is 0 Å². The predicted molar refractivity (Wildman–Crippen MR) is 53.5 cm³/mol. The van der Waals surface area contributed by atoms with Crippen molar-refractivity contribution in [3.8, 4) is 0 Å². The molecule has 0 aliphatic rings. The summed E-state index contributed by atoms with van der Waals surface area (Å²) in [6, 6.07) is 0. The fourth-order valence-corrected chi connectivity index (χ4v) is 5.07. The van der Waals surface area contributed by atoms with Crippen LogP contribution in [0.1, 0.15) is 0 Å². The van der Waals surface area contributed by atoms with Gasteiger partial charge in [-0.1, -0.05) is 11.1 Å². The van der Waals surface area contributed by atoms with E-state index in [-0.39, 0.29) is 0 Å². The van der Waals surface area contributed by atoms with Gasteiger partial charge in [-0.3, -0.25) is 0 Å². The molecule has 0 saturated heterocycles. The molecule has 9 heteroatoms. The van der Waals surface area contributed by atoms with Gasteiger partial charge in [0.05, 0.1) is 0 Å². The fraction of sp³-hybridized carbons (Fsp3) is 1.00. The Bertz CT molecular complexity index is 154. The van der Waals surface area contributed by atoms with E-state index in [1.54, 1.807) is 0 Å². The molecule has 0 rings (SSSR count). The van der Waals surface area contributed by atoms with Crippen LogP contribution in [0.15, 0.2) is 0 Å². The molecule has 0 aliphatic heterocycles. The predicted octanol–water partition coefficient (Wildman–Crippen LogP) is 0.345. The molecule has 0 atom stereocenters. The minimum absolute atomic E-state index is 1.38. The van der Waals surface area contributed by atoms with E-state index in [2.05, 4.69) is 0 Å². The zero-order valence-corrected chi connectivity index (χ0v) is 11.6. The number of hydrogen-bond acceptors (Lipinski definition) is 6. The summed E-state index contributed by atoms with van der Waals surface area (Å²) in [5.74, 6) is 0. The molecule has 0 amide bonds. The van der Waals surface area contributed by atoms with Gasteiger partial charge >= 0.3 is 17.2 Å². The van der Waals surface area contributed by atoms with E-state index < -0.39 is 17.2 Å². The molecule has 14 heavy (non-hydrogen) atoms. The smallest absolute Gasteiger partial charge is 0.365 e. The molecular weight excluding hydrogens is 248 g/mol. The van der Waals surface area contributed by atoms with E-state index >= 15 is 0 Å². The minimum atomic E-state index is -3.24. The van der Waals surface area contributed by atoms with Gasteiger partial charge in [0.25, 0.3) is 0 Å². The van der Waals surface area contributed by atoms with Gasteiger partial charge in [-0.05, 0) is 0 Å². The Morgan fingerprint density at radius 1 is 0.714 bits per heavy atom. The van der Waals surface area contributed by atoms with E-state index in [0.29, 0.717) is 0 Å². The highest BCUT2D eigenvalue weighted by Crippen LogP contribution is 2.20. The van der Waals surface area contributed by atoms with Crippen LogP contribution < -0.4 is 0 Å². The SMILES string of the molecule is CO[Si](Cl)(OC)O[Si](OC)(OC)OC. The maximum absolute atomic E-state index is 5.90. The van der Waals surface area contributed by atoms with Crippen LogP contribution in [0.2, 0.25) is 0 Å². The Hall–Kier alpha value is 0.484. The second-order valence-electron chi connectivity index (χ2n) is 2.10. The van der Waals surface area contributed by atoms with E-state index in [1.165, 1.54) is 35.5 Å². The highest BCUT2D eigenvalue weighted by molar-refractivity contribution is 7.11. The van der Waals surface area contributed by atoms with Gasteiger partial charge in [0.2, 0.25) is 0 Å². The zero-order valence-electron chi connectivity index (χ0n) is 8.83. The Labute approximate surface area is 90.5 Å². The Morgan fingerprint density at radius 3 is 1.29 bits per heavy atom. The molecule has 0 unspecified atom stereocenters. The summed E-state index contributed by atoms with van der Waals surface area (Å²) in [5, 5.41) is 0. The maximum atomic E-state index is 5.90. The number of rotatable bonds is 7. The van der Waals surface area contributed by atoms with Crippen molar-refractivity contribution in [2.45, 2.75) is 0 Å². The van der Waals surface area contributed by atoms with Crippen molar-refractivity contribution in [2.24, 2.45) is 0 Å².